The molecule has 0 radical (unpaired) electrons. The third kappa shape index (κ3) is 5.06. The molecule has 1 aromatic carbocycles. The van der Waals surface area contributed by atoms with Gasteiger partial charge in [-0.05, 0) is 45.4 Å². The molecule has 0 amide bonds. The van der Waals surface area contributed by atoms with E-state index in [-0.39, 0.29) is 5.56 Å². The quantitative estimate of drug-likeness (QED) is 0.676. The molecule has 0 saturated carbocycles. The first-order valence-corrected chi connectivity index (χ1v) is 6.99. The van der Waals surface area contributed by atoms with Crippen molar-refractivity contribution < 1.29 is 31.4 Å². The molecule has 0 saturated heterocycles. The lowest BCUT2D eigenvalue weighted by Crippen LogP contribution is -2.43. The summed E-state index contributed by atoms with van der Waals surface area (Å²) in [5.41, 5.74) is -2.15. The Balaban J connectivity index is 3.16. The van der Waals surface area contributed by atoms with Gasteiger partial charge in [0.1, 0.15) is 11.4 Å². The molecule has 1 aromatic rings. The van der Waals surface area contributed by atoms with Gasteiger partial charge in [-0.25, -0.2) is 0 Å². The molecule has 0 spiro atoms. The molecule has 0 aromatic heterocycles. The topological polar surface area (TPSA) is 18.5 Å². The van der Waals surface area contributed by atoms with E-state index >= 15 is 0 Å². The van der Waals surface area contributed by atoms with Crippen molar-refractivity contribution in [3.8, 4) is 5.75 Å². The minimum atomic E-state index is -5.63. The standard InChI is InChI=1S/C16H21F5O2/c1-13(2,3)23-12-8-6-7-11(9-12)14(4,22-5)10-15(17,18)16(19,20)21/h6-9H,10H2,1-5H3. The van der Waals surface area contributed by atoms with Crippen LogP contribution in [-0.4, -0.2) is 24.8 Å². The highest BCUT2D eigenvalue weighted by molar-refractivity contribution is 5.33. The van der Waals surface area contributed by atoms with Crippen molar-refractivity contribution >= 4 is 0 Å². The molecule has 0 heterocycles. The number of methoxy groups -OCH3 is 1. The molecule has 132 valence electrons. The van der Waals surface area contributed by atoms with Gasteiger partial charge in [-0.1, -0.05) is 12.1 Å². The number of hydrogen-bond acceptors (Lipinski definition) is 2. The van der Waals surface area contributed by atoms with E-state index in [0.717, 1.165) is 7.11 Å². The molecular weight excluding hydrogens is 319 g/mol. The summed E-state index contributed by atoms with van der Waals surface area (Å²) in [5.74, 6) is -4.49. The number of ether oxygens (including phenoxy) is 2. The van der Waals surface area contributed by atoms with Crippen LogP contribution >= 0.6 is 0 Å². The van der Waals surface area contributed by atoms with Crippen LogP contribution in [-0.2, 0) is 10.3 Å². The SMILES string of the molecule is COC(C)(CC(F)(F)C(F)(F)F)c1cccc(OC(C)(C)C)c1. The van der Waals surface area contributed by atoms with Gasteiger partial charge in [-0.2, -0.15) is 22.0 Å². The Labute approximate surface area is 132 Å². The lowest BCUT2D eigenvalue weighted by atomic mass is 9.89. The van der Waals surface area contributed by atoms with E-state index in [1.165, 1.54) is 25.1 Å². The molecule has 1 rings (SSSR count). The van der Waals surface area contributed by atoms with Crippen LogP contribution in [0, 0.1) is 0 Å². The second-order valence-electron chi connectivity index (χ2n) is 6.56. The predicted octanol–water partition coefficient (Wildman–Crippen LogP) is 5.31. The summed E-state index contributed by atoms with van der Waals surface area (Å²) in [6.45, 7) is 6.59. The average Bonchev–Trinajstić information content (AvgIpc) is 2.35. The van der Waals surface area contributed by atoms with Crippen LogP contribution in [0.5, 0.6) is 5.75 Å². The van der Waals surface area contributed by atoms with Crippen molar-refractivity contribution in [2.24, 2.45) is 0 Å². The molecule has 2 nitrogen and oxygen atoms in total. The summed E-state index contributed by atoms with van der Waals surface area (Å²) in [6, 6.07) is 5.98. The maximum atomic E-state index is 13.4. The third-order valence-electron chi connectivity index (χ3n) is 3.29. The van der Waals surface area contributed by atoms with E-state index in [9.17, 15) is 22.0 Å². The maximum absolute atomic E-state index is 13.4. The van der Waals surface area contributed by atoms with Gasteiger partial charge in [0.25, 0.3) is 0 Å². The van der Waals surface area contributed by atoms with Crippen LogP contribution in [0.4, 0.5) is 22.0 Å². The van der Waals surface area contributed by atoms with E-state index < -0.39 is 29.7 Å². The van der Waals surface area contributed by atoms with Gasteiger partial charge in [0.2, 0.25) is 0 Å². The molecule has 0 aliphatic rings. The number of halogens is 5. The second kappa shape index (κ2) is 6.26. The number of rotatable bonds is 5. The van der Waals surface area contributed by atoms with Gasteiger partial charge in [0.15, 0.2) is 0 Å². The van der Waals surface area contributed by atoms with Crippen LogP contribution in [0.2, 0.25) is 0 Å². The summed E-state index contributed by atoms with van der Waals surface area (Å²) in [7, 11) is 1.10. The van der Waals surface area contributed by atoms with Gasteiger partial charge in [0.05, 0.1) is 12.0 Å². The van der Waals surface area contributed by atoms with Crippen LogP contribution in [0.1, 0.15) is 39.7 Å². The summed E-state index contributed by atoms with van der Waals surface area (Å²) in [5, 5.41) is 0. The smallest absolute Gasteiger partial charge is 0.453 e. The zero-order valence-electron chi connectivity index (χ0n) is 13.7. The van der Waals surface area contributed by atoms with Gasteiger partial charge >= 0.3 is 12.1 Å². The molecule has 7 heteroatoms. The Bertz CT molecular complexity index is 534. The van der Waals surface area contributed by atoms with E-state index in [1.807, 2.05) is 0 Å². The lowest BCUT2D eigenvalue weighted by Gasteiger charge is -2.33. The highest BCUT2D eigenvalue weighted by Crippen LogP contribution is 2.45. The van der Waals surface area contributed by atoms with Gasteiger partial charge < -0.3 is 9.47 Å². The molecule has 0 N–H and O–H groups in total. The Morgan fingerprint density at radius 2 is 1.52 bits per heavy atom. The minimum absolute atomic E-state index is 0.186. The second-order valence-corrected chi connectivity index (χ2v) is 6.56. The average molecular weight is 340 g/mol. The summed E-state index contributed by atoms with van der Waals surface area (Å²) >= 11 is 0. The van der Waals surface area contributed by atoms with Crippen LogP contribution in [0.15, 0.2) is 24.3 Å². The van der Waals surface area contributed by atoms with Crippen molar-refractivity contribution in [2.75, 3.05) is 7.11 Å². The fraction of sp³-hybridized carbons (Fsp3) is 0.625. The molecule has 0 bridgehead atoms. The van der Waals surface area contributed by atoms with Crippen molar-refractivity contribution in [3.63, 3.8) is 0 Å². The van der Waals surface area contributed by atoms with Gasteiger partial charge in [-0.15, -0.1) is 0 Å². The fourth-order valence-corrected chi connectivity index (χ4v) is 2.06. The van der Waals surface area contributed by atoms with Gasteiger partial charge in [0, 0.05) is 7.11 Å². The lowest BCUT2D eigenvalue weighted by molar-refractivity contribution is -0.298. The fourth-order valence-electron chi connectivity index (χ4n) is 2.06. The number of alkyl halides is 5. The summed E-state index contributed by atoms with van der Waals surface area (Å²) in [4.78, 5) is 0. The van der Waals surface area contributed by atoms with Gasteiger partial charge in [-0.3, -0.25) is 0 Å². The first-order valence-electron chi connectivity index (χ1n) is 6.99. The summed E-state index contributed by atoms with van der Waals surface area (Å²) < 4.78 is 74.9. The van der Waals surface area contributed by atoms with Crippen LogP contribution in [0.3, 0.4) is 0 Å². The van der Waals surface area contributed by atoms with E-state index in [2.05, 4.69) is 0 Å². The monoisotopic (exact) mass is 340 g/mol. The van der Waals surface area contributed by atoms with Crippen molar-refractivity contribution in [3.05, 3.63) is 29.8 Å². The molecular formula is C16H21F5O2. The summed E-state index contributed by atoms with van der Waals surface area (Å²) in [6.07, 6.45) is -7.15. The number of hydrogen-bond donors (Lipinski definition) is 0. The highest BCUT2D eigenvalue weighted by atomic mass is 19.4. The molecule has 23 heavy (non-hydrogen) atoms. The van der Waals surface area contributed by atoms with E-state index in [0.29, 0.717) is 5.75 Å². The van der Waals surface area contributed by atoms with Crippen molar-refractivity contribution in [1.29, 1.82) is 0 Å². The first kappa shape index (κ1) is 19.7. The molecule has 0 aliphatic heterocycles. The molecule has 0 fully saturated rings. The zero-order valence-corrected chi connectivity index (χ0v) is 13.7. The van der Waals surface area contributed by atoms with Crippen LogP contribution in [0.25, 0.3) is 0 Å². The maximum Gasteiger partial charge on any atom is 0.453 e. The van der Waals surface area contributed by atoms with Crippen molar-refractivity contribution in [1.82, 2.24) is 0 Å². The third-order valence-corrected chi connectivity index (χ3v) is 3.29. The zero-order chi connectivity index (χ0) is 18.1. The Morgan fingerprint density at radius 3 is 1.96 bits per heavy atom. The Kier molecular flexibility index (Phi) is 5.36. The molecule has 0 aliphatic carbocycles. The normalized spacial score (nSPS) is 16.1. The first-order chi connectivity index (χ1) is 10.2. The molecule has 1 unspecified atom stereocenters. The van der Waals surface area contributed by atoms with Crippen LogP contribution < -0.4 is 4.74 Å². The minimum Gasteiger partial charge on any atom is -0.488 e. The largest absolute Gasteiger partial charge is 0.488 e. The molecule has 1 atom stereocenters. The Hall–Kier alpha value is -1.37. The Morgan fingerprint density at radius 1 is 0.957 bits per heavy atom. The predicted molar refractivity (Wildman–Crippen MR) is 76.8 cm³/mol. The van der Waals surface area contributed by atoms with E-state index in [1.54, 1.807) is 26.8 Å². The highest BCUT2D eigenvalue weighted by Gasteiger charge is 2.60. The number of benzene rings is 1. The van der Waals surface area contributed by atoms with E-state index in [4.69, 9.17) is 9.47 Å². The van der Waals surface area contributed by atoms with Crippen molar-refractivity contribution in [2.45, 2.75) is 57.4 Å².